The molecule has 5 rings (SSSR count). The number of amides is 1. The lowest BCUT2D eigenvalue weighted by Crippen LogP contribution is -2.28. The van der Waals surface area contributed by atoms with E-state index in [0.29, 0.717) is 31.2 Å². The summed E-state index contributed by atoms with van der Waals surface area (Å²) in [5, 5.41) is 9.73. The third-order valence-corrected chi connectivity index (χ3v) is 5.89. The largest absolute Gasteiger partial charge is 0.494 e. The second-order valence-electron chi connectivity index (χ2n) is 8.64. The Hall–Kier alpha value is -3.65. The van der Waals surface area contributed by atoms with E-state index in [1.54, 1.807) is 6.33 Å². The molecule has 0 saturated carbocycles. The highest BCUT2D eigenvalue weighted by Crippen LogP contribution is 2.22. The van der Waals surface area contributed by atoms with Gasteiger partial charge in [0.15, 0.2) is 0 Å². The lowest BCUT2D eigenvalue weighted by Gasteiger charge is -2.21. The van der Waals surface area contributed by atoms with Gasteiger partial charge in [0.05, 0.1) is 6.61 Å². The first-order chi connectivity index (χ1) is 17.2. The molecule has 35 heavy (non-hydrogen) atoms. The van der Waals surface area contributed by atoms with Gasteiger partial charge in [0.25, 0.3) is 0 Å². The number of fused-ring (bicyclic) bond motifs is 13. The van der Waals surface area contributed by atoms with Crippen molar-refractivity contribution < 1.29 is 9.53 Å². The molecule has 0 atom stereocenters. The first-order valence-electron chi connectivity index (χ1n) is 12.3. The van der Waals surface area contributed by atoms with Gasteiger partial charge >= 0.3 is 0 Å². The van der Waals surface area contributed by atoms with E-state index in [1.807, 2.05) is 42.5 Å². The monoisotopic (exact) mass is 474 g/mol. The molecule has 1 aromatic heterocycles. The topological polar surface area (TPSA) is 91.4 Å². The fraction of sp³-hybridized carbons (Fsp3) is 0.370. The molecule has 2 aliphatic rings. The van der Waals surface area contributed by atoms with Crippen LogP contribution < -0.4 is 20.7 Å². The zero-order valence-electron chi connectivity index (χ0n) is 20.3. The van der Waals surface area contributed by atoms with Crippen LogP contribution in [0.3, 0.4) is 0 Å². The number of rotatable bonds is 1. The smallest absolute Gasteiger partial charge is 0.220 e. The molecule has 8 nitrogen and oxygen atoms in total. The second-order valence-corrected chi connectivity index (χ2v) is 8.64. The first kappa shape index (κ1) is 24.5. The Labute approximate surface area is 207 Å². The molecule has 2 aliphatic heterocycles. The number of carbonyl (C=O) groups excluding carboxylic acids is 1. The van der Waals surface area contributed by atoms with E-state index in [2.05, 4.69) is 49.9 Å². The number of benzene rings is 2. The third-order valence-electron chi connectivity index (χ3n) is 5.89. The molecule has 0 radical (unpaired) electrons. The van der Waals surface area contributed by atoms with Gasteiger partial charge in [-0.2, -0.15) is 0 Å². The highest BCUT2D eigenvalue weighted by atomic mass is 16.5. The molecule has 2 aromatic carbocycles. The molecule has 1 amide bonds. The molecule has 3 heterocycles. The first-order valence-corrected chi connectivity index (χ1v) is 12.3. The number of anilines is 4. The van der Waals surface area contributed by atoms with Crippen LogP contribution >= 0.6 is 0 Å². The third kappa shape index (κ3) is 7.96. The van der Waals surface area contributed by atoms with Crippen molar-refractivity contribution in [2.75, 3.05) is 36.9 Å². The Bertz CT molecular complexity index is 1090. The molecule has 184 valence electrons. The van der Waals surface area contributed by atoms with E-state index in [4.69, 9.17) is 4.74 Å². The predicted molar refractivity (Wildman–Crippen MR) is 139 cm³/mol. The Kier molecular flexibility index (Phi) is 8.89. The van der Waals surface area contributed by atoms with Gasteiger partial charge in [-0.3, -0.25) is 9.69 Å². The van der Waals surface area contributed by atoms with Crippen LogP contribution in [0.15, 0.2) is 60.9 Å². The summed E-state index contributed by atoms with van der Waals surface area (Å²) in [6, 6.07) is 18.0. The summed E-state index contributed by atoms with van der Waals surface area (Å²) < 4.78 is 5.83. The van der Waals surface area contributed by atoms with E-state index in [0.717, 1.165) is 56.0 Å². The maximum atomic E-state index is 12.2. The summed E-state index contributed by atoms with van der Waals surface area (Å²) in [6.45, 7) is 6.11. The van der Waals surface area contributed by atoms with Crippen LogP contribution in [0, 0.1) is 0 Å². The van der Waals surface area contributed by atoms with Crippen molar-refractivity contribution in [2.45, 2.75) is 39.2 Å². The molecule has 0 spiro atoms. The van der Waals surface area contributed by atoms with E-state index in [1.165, 1.54) is 5.56 Å². The fourth-order valence-corrected chi connectivity index (χ4v) is 3.98. The van der Waals surface area contributed by atoms with E-state index < -0.39 is 0 Å². The number of hydrogen-bond donors (Lipinski definition) is 3. The molecule has 0 saturated heterocycles. The van der Waals surface area contributed by atoms with Gasteiger partial charge in [-0.1, -0.05) is 19.1 Å². The fourth-order valence-electron chi connectivity index (χ4n) is 3.98. The number of nitrogens with zero attached hydrogens (tertiary/aromatic N) is 3. The minimum Gasteiger partial charge on any atom is -0.494 e. The summed E-state index contributed by atoms with van der Waals surface area (Å²) in [6.07, 6.45) is 4.72. The number of ether oxygens (including phenoxy) is 1. The predicted octanol–water partition coefficient (Wildman–Crippen LogP) is 4.85. The van der Waals surface area contributed by atoms with Gasteiger partial charge in [0, 0.05) is 37.0 Å². The molecule has 8 heteroatoms. The van der Waals surface area contributed by atoms with Crippen molar-refractivity contribution in [3.63, 3.8) is 0 Å². The summed E-state index contributed by atoms with van der Waals surface area (Å²) in [4.78, 5) is 23.3. The molecule has 3 N–H and O–H groups in total. The summed E-state index contributed by atoms with van der Waals surface area (Å²) >= 11 is 0. The number of nitrogens with one attached hydrogen (secondary N) is 3. The van der Waals surface area contributed by atoms with Crippen molar-refractivity contribution in [1.29, 1.82) is 0 Å². The Balaban J connectivity index is 1.49. The van der Waals surface area contributed by atoms with Crippen molar-refractivity contribution in [2.24, 2.45) is 0 Å². The van der Waals surface area contributed by atoms with Crippen LogP contribution in [-0.2, 0) is 11.3 Å². The molecule has 0 aliphatic carbocycles. The zero-order valence-corrected chi connectivity index (χ0v) is 20.3. The lowest BCUT2D eigenvalue weighted by molar-refractivity contribution is -0.121. The Morgan fingerprint density at radius 2 is 1.74 bits per heavy atom. The average Bonchev–Trinajstić information content (AvgIpc) is 2.86. The van der Waals surface area contributed by atoms with Crippen LogP contribution in [-0.4, -0.2) is 47.0 Å². The summed E-state index contributed by atoms with van der Waals surface area (Å²) in [5.74, 6) is 2.36. The normalized spacial score (nSPS) is 16.2. The molecule has 6 bridgehead atoms. The molecular weight excluding hydrogens is 440 g/mol. The standard InChI is InChI=1S/C27H34N6O2/c1-2-33-15-6-9-27(34)28-14-3-4-16-35-24-12-10-22(11-13-24)31-25-18-26(30-20-29-25)32-23-8-5-7-21(17-23)19-33/h5,7-8,10-13,17-18,20H,2-4,6,9,14-16,19H2,1H3,(H,28,34)(H2,29,30,31,32). The van der Waals surface area contributed by atoms with Gasteiger partial charge in [-0.25, -0.2) is 9.97 Å². The quantitative estimate of drug-likeness (QED) is 0.464. The van der Waals surface area contributed by atoms with Gasteiger partial charge in [-0.15, -0.1) is 0 Å². The van der Waals surface area contributed by atoms with E-state index in [-0.39, 0.29) is 5.91 Å². The Morgan fingerprint density at radius 3 is 2.54 bits per heavy atom. The van der Waals surface area contributed by atoms with E-state index in [9.17, 15) is 4.79 Å². The highest BCUT2D eigenvalue weighted by Gasteiger charge is 2.08. The molecular formula is C27H34N6O2. The van der Waals surface area contributed by atoms with Crippen molar-refractivity contribution in [1.82, 2.24) is 20.2 Å². The zero-order chi connectivity index (χ0) is 24.3. The van der Waals surface area contributed by atoms with Gasteiger partial charge in [0.2, 0.25) is 5.91 Å². The molecule has 0 unspecified atom stereocenters. The van der Waals surface area contributed by atoms with Gasteiger partial charge < -0.3 is 20.7 Å². The van der Waals surface area contributed by atoms with Crippen molar-refractivity contribution >= 4 is 28.9 Å². The average molecular weight is 475 g/mol. The minimum absolute atomic E-state index is 0.120. The van der Waals surface area contributed by atoms with Gasteiger partial charge in [-0.05, 0) is 74.3 Å². The van der Waals surface area contributed by atoms with Crippen LogP contribution in [0.25, 0.3) is 0 Å². The van der Waals surface area contributed by atoms with Crippen molar-refractivity contribution in [3.05, 3.63) is 66.5 Å². The van der Waals surface area contributed by atoms with Crippen LogP contribution in [0.2, 0.25) is 0 Å². The summed E-state index contributed by atoms with van der Waals surface area (Å²) in [5.41, 5.74) is 3.10. The lowest BCUT2D eigenvalue weighted by atomic mass is 10.1. The van der Waals surface area contributed by atoms with Crippen LogP contribution in [0.1, 0.15) is 38.2 Å². The van der Waals surface area contributed by atoms with E-state index >= 15 is 0 Å². The number of aromatic nitrogens is 2. The van der Waals surface area contributed by atoms with Gasteiger partial charge in [0.1, 0.15) is 23.7 Å². The summed E-state index contributed by atoms with van der Waals surface area (Å²) in [7, 11) is 0. The Morgan fingerprint density at radius 1 is 0.943 bits per heavy atom. The SMILES string of the molecule is CCN1CCCC(=O)NCCCCOc2ccc(cc2)Nc2cc(ncn2)Nc2cccc(c2)C1. The maximum Gasteiger partial charge on any atom is 0.220 e. The second kappa shape index (κ2) is 12.7. The number of carbonyl (C=O) groups is 1. The molecule has 0 fully saturated rings. The molecule has 3 aromatic rings. The van der Waals surface area contributed by atoms with Crippen LogP contribution in [0.4, 0.5) is 23.0 Å². The number of hydrogen-bond acceptors (Lipinski definition) is 7. The van der Waals surface area contributed by atoms with Crippen molar-refractivity contribution in [3.8, 4) is 5.75 Å². The maximum absolute atomic E-state index is 12.2. The highest BCUT2D eigenvalue weighted by molar-refractivity contribution is 5.75. The van der Waals surface area contributed by atoms with Crippen LogP contribution in [0.5, 0.6) is 5.75 Å². The minimum atomic E-state index is 0.120.